The number of fused-ring (bicyclic) bond motifs is 1. The number of benzene rings is 2. The van der Waals surface area contributed by atoms with Gasteiger partial charge >= 0.3 is 0 Å². The predicted octanol–water partition coefficient (Wildman–Crippen LogP) is 3.32. The molecular weight excluding hydrogens is 309 g/mol. The number of hydrogen-bond donors (Lipinski definition) is 1. The smallest absolute Gasteiger partial charge is 0.244 e. The highest BCUT2D eigenvalue weighted by molar-refractivity contribution is 5.94. The number of nitrogens with one attached hydrogen (secondary N) is 1. The zero-order valence-electron chi connectivity index (χ0n) is 13.3. The summed E-state index contributed by atoms with van der Waals surface area (Å²) in [4.78, 5) is 12.1. The van der Waals surface area contributed by atoms with E-state index in [1.54, 1.807) is 25.1 Å². The molecule has 124 valence electrons. The van der Waals surface area contributed by atoms with Gasteiger partial charge in [0.1, 0.15) is 19.0 Å². The minimum atomic E-state index is -0.346. The fourth-order valence-electron chi connectivity index (χ4n) is 2.56. The monoisotopic (exact) mass is 327 g/mol. The summed E-state index contributed by atoms with van der Waals surface area (Å²) in [5.41, 5.74) is 1.83. The summed E-state index contributed by atoms with van der Waals surface area (Å²) < 4.78 is 24.9. The fourth-order valence-corrected chi connectivity index (χ4v) is 2.56. The summed E-state index contributed by atoms with van der Waals surface area (Å²) in [5, 5.41) is 2.80. The van der Waals surface area contributed by atoms with Crippen molar-refractivity contribution in [1.82, 2.24) is 5.32 Å². The Balaban J connectivity index is 1.68. The molecule has 5 heteroatoms. The molecule has 4 nitrogen and oxygen atoms in total. The van der Waals surface area contributed by atoms with Gasteiger partial charge in [-0.05, 0) is 24.6 Å². The zero-order chi connectivity index (χ0) is 16.9. The van der Waals surface area contributed by atoms with Crippen molar-refractivity contribution in [2.75, 3.05) is 13.2 Å². The van der Waals surface area contributed by atoms with Gasteiger partial charge in [0.15, 0.2) is 11.5 Å². The van der Waals surface area contributed by atoms with E-state index in [1.807, 2.05) is 18.2 Å². The second kappa shape index (κ2) is 7.17. The highest BCUT2D eigenvalue weighted by Crippen LogP contribution is 2.33. The first-order valence-electron chi connectivity index (χ1n) is 7.73. The molecule has 0 aromatic heterocycles. The molecule has 0 fully saturated rings. The lowest BCUT2D eigenvalue weighted by molar-refractivity contribution is -0.116. The van der Waals surface area contributed by atoms with E-state index in [9.17, 15) is 9.18 Å². The maximum absolute atomic E-state index is 13.7. The average molecular weight is 327 g/mol. The van der Waals surface area contributed by atoms with Crippen LogP contribution >= 0.6 is 0 Å². The first-order valence-corrected chi connectivity index (χ1v) is 7.73. The van der Waals surface area contributed by atoms with E-state index in [0.717, 1.165) is 5.56 Å². The van der Waals surface area contributed by atoms with Gasteiger partial charge in [0.25, 0.3) is 0 Å². The highest BCUT2D eigenvalue weighted by atomic mass is 19.1. The van der Waals surface area contributed by atoms with E-state index < -0.39 is 0 Å². The van der Waals surface area contributed by atoms with Crippen LogP contribution in [0.5, 0.6) is 11.5 Å². The molecule has 2 aromatic rings. The largest absolute Gasteiger partial charge is 0.486 e. The van der Waals surface area contributed by atoms with E-state index in [2.05, 4.69) is 5.32 Å². The van der Waals surface area contributed by atoms with Crippen molar-refractivity contribution in [2.24, 2.45) is 0 Å². The lowest BCUT2D eigenvalue weighted by Crippen LogP contribution is -2.23. The summed E-state index contributed by atoms with van der Waals surface area (Å²) in [5.74, 6) is 0.719. The number of amides is 1. The third kappa shape index (κ3) is 3.56. The van der Waals surface area contributed by atoms with Gasteiger partial charge in [-0.25, -0.2) is 4.39 Å². The Bertz CT molecular complexity index is 786. The zero-order valence-corrected chi connectivity index (χ0v) is 13.3. The van der Waals surface area contributed by atoms with Crippen LogP contribution in [0.3, 0.4) is 0 Å². The van der Waals surface area contributed by atoms with Crippen molar-refractivity contribution < 1.29 is 18.7 Å². The van der Waals surface area contributed by atoms with E-state index in [-0.39, 0.29) is 11.7 Å². The fraction of sp³-hybridized carbons (Fsp3) is 0.211. The van der Waals surface area contributed by atoms with Crippen LogP contribution in [0.25, 0.3) is 5.57 Å². The molecule has 0 unspecified atom stereocenters. The summed E-state index contributed by atoms with van der Waals surface area (Å²) in [6.07, 6.45) is 1.39. The highest BCUT2D eigenvalue weighted by Gasteiger charge is 2.15. The average Bonchev–Trinajstić information content (AvgIpc) is 2.60. The Morgan fingerprint density at radius 3 is 2.79 bits per heavy atom. The van der Waals surface area contributed by atoms with Crippen molar-refractivity contribution in [3.05, 3.63) is 65.5 Å². The quantitative estimate of drug-likeness (QED) is 0.877. The molecule has 0 radical (unpaired) electrons. The van der Waals surface area contributed by atoms with Crippen LogP contribution in [0, 0.1) is 5.82 Å². The number of allylic oxidation sites excluding steroid dienone is 1. The van der Waals surface area contributed by atoms with Crippen molar-refractivity contribution >= 4 is 11.5 Å². The molecule has 1 N–H and O–H groups in total. The second-order valence-corrected chi connectivity index (χ2v) is 5.47. The van der Waals surface area contributed by atoms with Crippen LogP contribution < -0.4 is 14.8 Å². The third-order valence-electron chi connectivity index (χ3n) is 3.75. The van der Waals surface area contributed by atoms with Gasteiger partial charge in [-0.3, -0.25) is 4.79 Å². The molecule has 1 amide bonds. The predicted molar refractivity (Wildman–Crippen MR) is 89.3 cm³/mol. The van der Waals surface area contributed by atoms with Gasteiger partial charge in [0, 0.05) is 23.7 Å². The van der Waals surface area contributed by atoms with Crippen LogP contribution in [0.2, 0.25) is 0 Å². The maximum Gasteiger partial charge on any atom is 0.244 e. The van der Waals surface area contributed by atoms with Crippen molar-refractivity contribution in [3.8, 4) is 11.5 Å². The molecule has 1 aliphatic rings. The number of ether oxygens (including phenoxy) is 2. The van der Waals surface area contributed by atoms with E-state index in [1.165, 1.54) is 12.1 Å². The van der Waals surface area contributed by atoms with E-state index in [0.29, 0.717) is 42.4 Å². The molecule has 2 aromatic carbocycles. The minimum Gasteiger partial charge on any atom is -0.486 e. The third-order valence-corrected chi connectivity index (χ3v) is 3.75. The summed E-state index contributed by atoms with van der Waals surface area (Å²) in [6, 6.07) is 11.9. The molecule has 0 saturated heterocycles. The number of para-hydroxylation sites is 1. The Labute approximate surface area is 139 Å². The first kappa shape index (κ1) is 16.1. The maximum atomic E-state index is 13.7. The van der Waals surface area contributed by atoms with Gasteiger partial charge in [0.05, 0.1) is 0 Å². The van der Waals surface area contributed by atoms with Crippen LogP contribution in [-0.4, -0.2) is 19.1 Å². The van der Waals surface area contributed by atoms with Crippen LogP contribution in [0.4, 0.5) is 4.39 Å². The van der Waals surface area contributed by atoms with Gasteiger partial charge in [-0.15, -0.1) is 0 Å². The molecule has 0 saturated carbocycles. The first-order chi connectivity index (χ1) is 11.6. The number of rotatable bonds is 4. The number of halogens is 1. The van der Waals surface area contributed by atoms with Crippen molar-refractivity contribution in [3.63, 3.8) is 0 Å². The van der Waals surface area contributed by atoms with Gasteiger partial charge in [-0.1, -0.05) is 30.3 Å². The molecule has 0 bridgehead atoms. The molecule has 0 atom stereocenters. The topological polar surface area (TPSA) is 47.6 Å². The number of carbonyl (C=O) groups is 1. The van der Waals surface area contributed by atoms with E-state index >= 15 is 0 Å². The van der Waals surface area contributed by atoms with Gasteiger partial charge in [-0.2, -0.15) is 0 Å². The summed E-state index contributed by atoms with van der Waals surface area (Å²) in [6.45, 7) is 3.03. The number of carbonyl (C=O) groups excluding carboxylic acids is 1. The summed E-state index contributed by atoms with van der Waals surface area (Å²) in [7, 11) is 0. The SMILES string of the molecule is C/C(=C\C(=O)NCc1cccc2c1OCCO2)c1ccccc1F. The second-order valence-electron chi connectivity index (χ2n) is 5.47. The van der Waals surface area contributed by atoms with Crippen LogP contribution in [-0.2, 0) is 11.3 Å². The minimum absolute atomic E-state index is 0.287. The van der Waals surface area contributed by atoms with Crippen LogP contribution in [0.15, 0.2) is 48.5 Å². The van der Waals surface area contributed by atoms with Crippen LogP contribution in [0.1, 0.15) is 18.1 Å². The Hall–Kier alpha value is -2.82. The molecule has 0 spiro atoms. The number of hydrogen-bond acceptors (Lipinski definition) is 3. The molecular formula is C19H18FNO3. The Kier molecular flexibility index (Phi) is 4.79. The Morgan fingerprint density at radius 2 is 1.96 bits per heavy atom. The summed E-state index contributed by atoms with van der Waals surface area (Å²) >= 11 is 0. The lowest BCUT2D eigenvalue weighted by atomic mass is 10.1. The molecule has 1 aliphatic heterocycles. The van der Waals surface area contributed by atoms with Gasteiger partial charge < -0.3 is 14.8 Å². The Morgan fingerprint density at radius 1 is 1.17 bits per heavy atom. The lowest BCUT2D eigenvalue weighted by Gasteiger charge is -2.21. The standard InChI is InChI=1S/C19H18FNO3/c1-13(15-6-2-3-7-16(15)20)11-18(22)21-12-14-5-4-8-17-19(14)24-10-9-23-17/h2-8,11H,9-10,12H2,1H3,(H,21,22)/b13-11+. The molecule has 3 rings (SSSR count). The molecule has 0 aliphatic carbocycles. The normalized spacial score (nSPS) is 13.5. The van der Waals surface area contributed by atoms with Crippen molar-refractivity contribution in [2.45, 2.75) is 13.5 Å². The van der Waals surface area contributed by atoms with Crippen molar-refractivity contribution in [1.29, 1.82) is 0 Å². The molecule has 1 heterocycles. The van der Waals surface area contributed by atoms with E-state index in [4.69, 9.17) is 9.47 Å². The van der Waals surface area contributed by atoms with Gasteiger partial charge in [0.2, 0.25) is 5.91 Å². The molecule has 24 heavy (non-hydrogen) atoms.